The monoisotopic (exact) mass is 418 g/mol. The maximum absolute atomic E-state index is 13.0. The van der Waals surface area contributed by atoms with Crippen LogP contribution in [0.1, 0.15) is 38.5 Å². The third-order valence-corrected chi connectivity index (χ3v) is 6.06. The van der Waals surface area contributed by atoms with Crippen LogP contribution in [0.2, 0.25) is 0 Å². The summed E-state index contributed by atoms with van der Waals surface area (Å²) in [7, 11) is 0. The summed E-state index contributed by atoms with van der Waals surface area (Å²) < 4.78 is 6.52. The Morgan fingerprint density at radius 3 is 2.88 bits per heavy atom. The first kappa shape index (κ1) is 17.2. The second-order valence-electron chi connectivity index (χ2n) is 6.92. The lowest BCUT2D eigenvalue weighted by Gasteiger charge is -2.36. The quantitative estimate of drug-likeness (QED) is 0.770. The van der Waals surface area contributed by atoms with Crippen LogP contribution in [0.4, 0.5) is 4.79 Å². The fourth-order valence-electron chi connectivity index (χ4n) is 3.84. The van der Waals surface area contributed by atoms with Crippen LogP contribution >= 0.6 is 15.9 Å². The lowest BCUT2D eigenvalue weighted by molar-refractivity contribution is -0.134. The molecule has 1 saturated heterocycles. The number of nitrogens with zero attached hydrogens (tertiary/aromatic N) is 3. The maximum Gasteiger partial charge on any atom is 0.325 e. The number of benzene rings is 1. The Labute approximate surface area is 159 Å². The van der Waals surface area contributed by atoms with E-state index in [1.807, 2.05) is 31.2 Å². The highest BCUT2D eigenvalue weighted by Gasteiger charge is 2.55. The molecule has 8 heteroatoms. The van der Waals surface area contributed by atoms with Crippen molar-refractivity contribution in [3.63, 3.8) is 0 Å². The van der Waals surface area contributed by atoms with Gasteiger partial charge in [0.2, 0.25) is 11.8 Å². The molecular weight excluding hydrogens is 400 g/mol. The molecule has 7 nitrogen and oxygen atoms in total. The van der Waals surface area contributed by atoms with E-state index in [4.69, 9.17) is 4.42 Å². The number of aromatic nitrogens is 2. The van der Waals surface area contributed by atoms with Crippen LogP contribution in [0, 0.1) is 5.92 Å². The summed E-state index contributed by atoms with van der Waals surface area (Å²) in [6, 6.07) is 7.11. The van der Waals surface area contributed by atoms with Gasteiger partial charge < -0.3 is 9.73 Å². The normalized spacial score (nSPS) is 25.8. The molecule has 1 aromatic heterocycles. The minimum Gasteiger partial charge on any atom is -0.419 e. The lowest BCUT2D eigenvalue weighted by atomic mass is 9.73. The average Bonchev–Trinajstić information content (AvgIpc) is 3.18. The zero-order valence-electron chi connectivity index (χ0n) is 14.4. The highest BCUT2D eigenvalue weighted by molar-refractivity contribution is 9.10. The third kappa shape index (κ3) is 2.72. The van der Waals surface area contributed by atoms with Crippen LogP contribution < -0.4 is 5.32 Å². The first-order valence-corrected chi connectivity index (χ1v) is 9.52. The summed E-state index contributed by atoms with van der Waals surface area (Å²) in [5, 5.41) is 11.0. The number of carbonyl (C=O) groups is 2. The van der Waals surface area contributed by atoms with Crippen LogP contribution in [-0.4, -0.2) is 32.6 Å². The first-order valence-electron chi connectivity index (χ1n) is 8.72. The molecule has 2 heterocycles. The molecule has 4 rings (SSSR count). The smallest absolute Gasteiger partial charge is 0.325 e. The highest BCUT2D eigenvalue weighted by Crippen LogP contribution is 2.38. The average molecular weight is 419 g/mol. The minimum absolute atomic E-state index is 0.0173. The molecule has 0 unspecified atom stereocenters. The lowest BCUT2D eigenvalue weighted by Crippen LogP contribution is -2.53. The van der Waals surface area contributed by atoms with Crippen molar-refractivity contribution in [3.05, 3.63) is 34.6 Å². The van der Waals surface area contributed by atoms with Crippen molar-refractivity contribution < 1.29 is 14.0 Å². The van der Waals surface area contributed by atoms with Crippen LogP contribution in [-0.2, 0) is 11.3 Å². The zero-order valence-corrected chi connectivity index (χ0v) is 16.0. The fourth-order valence-corrected chi connectivity index (χ4v) is 4.29. The second-order valence-corrected chi connectivity index (χ2v) is 7.77. The standard InChI is InChI=1S/C18H19BrN4O3/c1-11-6-4-5-9-18(11)16(24)23(17(25)20-18)10-14-21-22-15(26-14)12-7-2-3-8-13(12)19/h2-3,7-8,11H,4-6,9-10H2,1H3,(H,20,25)/t11-,18-/m0/s1. The SMILES string of the molecule is C[C@H]1CCCC[C@]12NC(=O)N(Cc1nnc(-c3ccccc3Br)o1)C2=O. The summed E-state index contributed by atoms with van der Waals surface area (Å²) in [6.07, 6.45) is 3.65. The van der Waals surface area contributed by atoms with Gasteiger partial charge in [-0.1, -0.05) is 31.9 Å². The molecule has 1 spiro atoms. The van der Waals surface area contributed by atoms with Crippen molar-refractivity contribution in [1.29, 1.82) is 0 Å². The number of rotatable bonds is 3. The van der Waals surface area contributed by atoms with E-state index in [2.05, 4.69) is 31.4 Å². The summed E-state index contributed by atoms with van der Waals surface area (Å²) in [5.74, 6) is 0.520. The second kappa shape index (κ2) is 6.50. The van der Waals surface area contributed by atoms with Gasteiger partial charge in [-0.25, -0.2) is 4.79 Å². The van der Waals surface area contributed by atoms with E-state index in [0.29, 0.717) is 12.3 Å². The molecule has 1 aromatic carbocycles. The van der Waals surface area contributed by atoms with Gasteiger partial charge in [-0.2, -0.15) is 0 Å². The van der Waals surface area contributed by atoms with Crippen molar-refractivity contribution >= 4 is 27.9 Å². The van der Waals surface area contributed by atoms with Gasteiger partial charge in [-0.05, 0) is 46.8 Å². The van der Waals surface area contributed by atoms with E-state index in [0.717, 1.165) is 29.3 Å². The van der Waals surface area contributed by atoms with Gasteiger partial charge in [0.15, 0.2) is 0 Å². The number of amides is 3. The fraction of sp³-hybridized carbons (Fsp3) is 0.444. The Hall–Kier alpha value is -2.22. The summed E-state index contributed by atoms with van der Waals surface area (Å²) in [5.41, 5.74) is -0.0125. The first-order chi connectivity index (χ1) is 12.5. The number of nitrogens with one attached hydrogen (secondary N) is 1. The molecule has 136 valence electrons. The number of hydrogen-bond acceptors (Lipinski definition) is 5. The Morgan fingerprint density at radius 2 is 2.12 bits per heavy atom. The largest absolute Gasteiger partial charge is 0.419 e. The van der Waals surface area contributed by atoms with Crippen molar-refractivity contribution in [2.24, 2.45) is 5.92 Å². The van der Waals surface area contributed by atoms with Gasteiger partial charge in [-0.3, -0.25) is 9.69 Å². The molecule has 2 aliphatic rings. The van der Waals surface area contributed by atoms with Crippen molar-refractivity contribution in [2.75, 3.05) is 0 Å². The Bertz CT molecular complexity index is 868. The molecule has 1 saturated carbocycles. The maximum atomic E-state index is 13.0. The third-order valence-electron chi connectivity index (χ3n) is 5.37. The molecule has 26 heavy (non-hydrogen) atoms. The van der Waals surface area contributed by atoms with Gasteiger partial charge in [-0.15, -0.1) is 10.2 Å². The summed E-state index contributed by atoms with van der Waals surface area (Å²) in [4.78, 5) is 26.6. The molecule has 1 aliphatic heterocycles. The van der Waals surface area contributed by atoms with E-state index >= 15 is 0 Å². The van der Waals surface area contributed by atoms with E-state index in [-0.39, 0.29) is 30.3 Å². The molecule has 0 radical (unpaired) electrons. The van der Waals surface area contributed by atoms with Gasteiger partial charge >= 0.3 is 6.03 Å². The van der Waals surface area contributed by atoms with Crippen LogP contribution in [0.5, 0.6) is 0 Å². The van der Waals surface area contributed by atoms with Crippen molar-refractivity contribution in [3.8, 4) is 11.5 Å². The molecular formula is C18H19BrN4O3. The van der Waals surface area contributed by atoms with Gasteiger partial charge in [0, 0.05) is 4.47 Å². The van der Waals surface area contributed by atoms with Crippen molar-refractivity contribution in [2.45, 2.75) is 44.7 Å². The number of imide groups is 1. The molecule has 2 atom stereocenters. The molecule has 0 bridgehead atoms. The van der Waals surface area contributed by atoms with Gasteiger partial charge in [0.05, 0.1) is 5.56 Å². The number of urea groups is 1. The van der Waals surface area contributed by atoms with E-state index < -0.39 is 5.54 Å². The Kier molecular flexibility index (Phi) is 4.30. The van der Waals surface area contributed by atoms with Gasteiger partial charge in [0.1, 0.15) is 12.1 Å². The minimum atomic E-state index is -0.777. The predicted molar refractivity (Wildman–Crippen MR) is 96.9 cm³/mol. The van der Waals surface area contributed by atoms with Crippen molar-refractivity contribution in [1.82, 2.24) is 20.4 Å². The highest BCUT2D eigenvalue weighted by atomic mass is 79.9. The summed E-state index contributed by atoms with van der Waals surface area (Å²) in [6.45, 7) is 2.01. The van der Waals surface area contributed by atoms with E-state index in [1.165, 1.54) is 4.90 Å². The zero-order chi connectivity index (χ0) is 18.3. The number of hydrogen-bond donors (Lipinski definition) is 1. The predicted octanol–water partition coefficient (Wildman–Crippen LogP) is 3.50. The molecule has 1 aliphatic carbocycles. The summed E-state index contributed by atoms with van der Waals surface area (Å²) >= 11 is 3.45. The van der Waals surface area contributed by atoms with Gasteiger partial charge in [0.25, 0.3) is 5.91 Å². The Balaban J connectivity index is 1.56. The van der Waals surface area contributed by atoms with E-state index in [1.54, 1.807) is 0 Å². The number of halogens is 1. The number of carbonyl (C=O) groups excluding carboxylic acids is 2. The topological polar surface area (TPSA) is 88.3 Å². The molecule has 1 N–H and O–H groups in total. The van der Waals surface area contributed by atoms with E-state index in [9.17, 15) is 9.59 Å². The molecule has 3 amide bonds. The molecule has 2 fully saturated rings. The van der Waals surface area contributed by atoms with Crippen LogP contribution in [0.25, 0.3) is 11.5 Å². The van der Waals surface area contributed by atoms with Crippen LogP contribution in [0.3, 0.4) is 0 Å². The molecule has 2 aromatic rings. The Morgan fingerprint density at radius 1 is 1.31 bits per heavy atom. The van der Waals surface area contributed by atoms with Crippen LogP contribution in [0.15, 0.2) is 33.2 Å².